The van der Waals surface area contributed by atoms with E-state index in [0.717, 1.165) is 29.7 Å². The Morgan fingerprint density at radius 2 is 1.88 bits per heavy atom. The van der Waals surface area contributed by atoms with Gasteiger partial charge in [-0.2, -0.15) is 5.26 Å². The quantitative estimate of drug-likeness (QED) is 0.605. The predicted molar refractivity (Wildman–Crippen MR) is 126 cm³/mol. The van der Waals surface area contributed by atoms with E-state index in [4.69, 9.17) is 4.98 Å². The average Bonchev–Trinajstić information content (AvgIpc) is 3.16. The number of piperazine rings is 1. The maximum atomic E-state index is 13.9. The number of anilines is 2. The van der Waals surface area contributed by atoms with Gasteiger partial charge in [-0.15, -0.1) is 0 Å². The van der Waals surface area contributed by atoms with E-state index in [-0.39, 0.29) is 11.6 Å². The molecule has 0 atom stereocenters. The molecule has 3 heterocycles. The Hall–Kier alpha value is -3.44. The first-order valence-corrected chi connectivity index (χ1v) is 11.4. The summed E-state index contributed by atoms with van der Waals surface area (Å²) in [6.45, 7) is 4.27. The topological polar surface area (TPSA) is 77.2 Å². The molecule has 1 saturated carbocycles. The lowest BCUT2D eigenvalue weighted by Crippen LogP contribution is -2.47. The normalized spacial score (nSPS) is 20.5. The van der Waals surface area contributed by atoms with Crippen LogP contribution in [0.5, 0.6) is 0 Å². The van der Waals surface area contributed by atoms with Crippen molar-refractivity contribution in [2.24, 2.45) is 0 Å². The molecular formula is C25H27FN6O. The van der Waals surface area contributed by atoms with Crippen LogP contribution in [0, 0.1) is 17.1 Å². The highest BCUT2D eigenvalue weighted by molar-refractivity contribution is 5.99. The highest BCUT2D eigenvalue weighted by Gasteiger charge is 2.31. The lowest BCUT2D eigenvalue weighted by atomic mass is 9.87. The Balaban J connectivity index is 1.38. The number of carbonyl (C=O) groups is 1. The fourth-order valence-electron chi connectivity index (χ4n) is 4.95. The van der Waals surface area contributed by atoms with Gasteiger partial charge in [0, 0.05) is 55.4 Å². The van der Waals surface area contributed by atoms with Crippen LogP contribution < -0.4 is 15.1 Å². The summed E-state index contributed by atoms with van der Waals surface area (Å²) in [6.07, 6.45) is 3.99. The second kappa shape index (κ2) is 8.49. The Morgan fingerprint density at radius 3 is 2.55 bits per heavy atom. The molecular weight excluding hydrogens is 419 g/mol. The van der Waals surface area contributed by atoms with Gasteiger partial charge in [-0.1, -0.05) is 0 Å². The maximum Gasteiger partial charge on any atom is 0.161 e. The van der Waals surface area contributed by atoms with Crippen LogP contribution in [0.3, 0.4) is 0 Å². The van der Waals surface area contributed by atoms with E-state index < -0.39 is 0 Å². The molecule has 1 saturated heterocycles. The number of pyridine rings is 1. The molecule has 5 rings (SSSR count). The largest absolute Gasteiger partial charge is 0.367 e. The smallest absolute Gasteiger partial charge is 0.161 e. The van der Waals surface area contributed by atoms with E-state index in [9.17, 15) is 14.4 Å². The molecule has 0 unspecified atom stereocenters. The van der Waals surface area contributed by atoms with Gasteiger partial charge in [-0.3, -0.25) is 4.79 Å². The molecule has 0 spiro atoms. The van der Waals surface area contributed by atoms with Gasteiger partial charge in [0.2, 0.25) is 0 Å². The van der Waals surface area contributed by atoms with Gasteiger partial charge in [0.05, 0.1) is 11.3 Å². The fourth-order valence-corrected chi connectivity index (χ4v) is 4.95. The SMILES string of the molecule is CN[C@H]1C[C@H](n2cc(C#N)c3ccc(N4CCN(c5cc(F)ccc5C(C)=O)CC4)nc32)C1. The number of nitrogens with one attached hydrogen (secondary N) is 1. The summed E-state index contributed by atoms with van der Waals surface area (Å²) >= 11 is 0. The molecule has 3 aromatic rings. The third kappa shape index (κ3) is 3.83. The Kier molecular flexibility index (Phi) is 5.51. The summed E-state index contributed by atoms with van der Waals surface area (Å²) in [7, 11) is 1.98. The fraction of sp³-hybridized carbons (Fsp3) is 0.400. The molecule has 1 N–H and O–H groups in total. The third-order valence-corrected chi connectivity index (χ3v) is 6.98. The van der Waals surface area contributed by atoms with Crippen LogP contribution in [0.1, 0.15) is 41.7 Å². The van der Waals surface area contributed by atoms with Crippen molar-refractivity contribution < 1.29 is 9.18 Å². The summed E-state index contributed by atoms with van der Waals surface area (Å²) in [5.41, 5.74) is 2.72. The average molecular weight is 447 g/mol. The van der Waals surface area contributed by atoms with Crippen LogP contribution in [0.2, 0.25) is 0 Å². The molecule has 1 aliphatic heterocycles. The van der Waals surface area contributed by atoms with E-state index in [1.807, 2.05) is 25.4 Å². The number of ketones is 1. The minimum atomic E-state index is -0.338. The molecule has 2 fully saturated rings. The molecule has 33 heavy (non-hydrogen) atoms. The standard InChI is InChI=1S/C25H27FN6O/c1-16(33)21-4-3-18(26)11-23(21)30-7-9-31(10-8-30)24-6-5-22-17(14-27)15-32(25(22)29-24)20-12-19(13-20)28-2/h3-6,11,15,19-20,28H,7-10,12-13H2,1-2H3/t19-,20-. The number of hydrogen-bond donors (Lipinski definition) is 1. The maximum absolute atomic E-state index is 13.9. The molecule has 0 amide bonds. The minimum Gasteiger partial charge on any atom is -0.367 e. The van der Waals surface area contributed by atoms with Crippen molar-refractivity contribution in [3.8, 4) is 6.07 Å². The van der Waals surface area contributed by atoms with Crippen molar-refractivity contribution >= 4 is 28.3 Å². The van der Waals surface area contributed by atoms with Crippen LogP contribution >= 0.6 is 0 Å². The van der Waals surface area contributed by atoms with Crippen LogP contribution in [0.15, 0.2) is 36.5 Å². The molecule has 1 aliphatic carbocycles. The summed E-state index contributed by atoms with van der Waals surface area (Å²) in [6, 6.07) is 11.5. The molecule has 2 aromatic heterocycles. The number of halogens is 1. The van der Waals surface area contributed by atoms with E-state index in [1.165, 1.54) is 19.1 Å². The van der Waals surface area contributed by atoms with Crippen molar-refractivity contribution in [2.45, 2.75) is 31.8 Å². The first-order chi connectivity index (χ1) is 16.0. The lowest BCUT2D eigenvalue weighted by Gasteiger charge is -2.38. The van der Waals surface area contributed by atoms with Gasteiger partial charge in [-0.05, 0) is 57.1 Å². The van der Waals surface area contributed by atoms with Crippen LogP contribution in [0.25, 0.3) is 11.0 Å². The van der Waals surface area contributed by atoms with Crippen molar-refractivity contribution in [1.82, 2.24) is 14.9 Å². The molecule has 7 nitrogen and oxygen atoms in total. The van der Waals surface area contributed by atoms with Crippen LogP contribution in [-0.2, 0) is 0 Å². The van der Waals surface area contributed by atoms with Crippen LogP contribution in [0.4, 0.5) is 15.9 Å². The number of fused-ring (bicyclic) bond motifs is 1. The summed E-state index contributed by atoms with van der Waals surface area (Å²) in [5, 5.41) is 13.8. The zero-order valence-electron chi connectivity index (χ0n) is 18.9. The van der Waals surface area contributed by atoms with E-state index >= 15 is 0 Å². The van der Waals surface area contributed by atoms with Gasteiger partial charge in [0.1, 0.15) is 23.4 Å². The zero-order valence-corrected chi connectivity index (χ0v) is 18.9. The van der Waals surface area contributed by atoms with Gasteiger partial charge < -0.3 is 19.7 Å². The number of aromatic nitrogens is 2. The first kappa shape index (κ1) is 21.4. The first-order valence-electron chi connectivity index (χ1n) is 11.4. The van der Waals surface area contributed by atoms with Crippen LogP contribution in [-0.4, -0.2) is 54.6 Å². The highest BCUT2D eigenvalue weighted by atomic mass is 19.1. The van der Waals surface area contributed by atoms with Crippen molar-refractivity contribution in [3.05, 3.63) is 53.5 Å². The molecule has 0 bridgehead atoms. The second-order valence-corrected chi connectivity index (χ2v) is 8.91. The predicted octanol–water partition coefficient (Wildman–Crippen LogP) is 3.50. The second-order valence-electron chi connectivity index (χ2n) is 8.91. The van der Waals surface area contributed by atoms with E-state index in [1.54, 1.807) is 6.07 Å². The van der Waals surface area contributed by atoms with Crippen molar-refractivity contribution in [2.75, 3.05) is 43.0 Å². The van der Waals surface area contributed by atoms with Gasteiger partial charge in [0.15, 0.2) is 5.78 Å². The van der Waals surface area contributed by atoms with E-state index in [2.05, 4.69) is 25.8 Å². The third-order valence-electron chi connectivity index (χ3n) is 6.98. The number of nitrogens with zero attached hydrogens (tertiary/aromatic N) is 5. The highest BCUT2D eigenvalue weighted by Crippen LogP contribution is 2.36. The van der Waals surface area contributed by atoms with Crippen molar-refractivity contribution in [3.63, 3.8) is 0 Å². The summed E-state index contributed by atoms with van der Waals surface area (Å²) in [4.78, 5) is 21.3. The summed E-state index contributed by atoms with van der Waals surface area (Å²) < 4.78 is 16.0. The zero-order chi connectivity index (χ0) is 23.1. The monoisotopic (exact) mass is 446 g/mol. The van der Waals surface area contributed by atoms with E-state index in [0.29, 0.717) is 55.1 Å². The van der Waals surface area contributed by atoms with Gasteiger partial charge in [0.25, 0.3) is 0 Å². The number of benzene rings is 1. The summed E-state index contributed by atoms with van der Waals surface area (Å²) in [5.74, 6) is 0.474. The molecule has 8 heteroatoms. The molecule has 0 radical (unpaired) electrons. The Labute approximate surface area is 192 Å². The number of Topliss-reactive ketones (excluding diaryl/α,β-unsaturated/α-hetero) is 1. The van der Waals surface area contributed by atoms with Gasteiger partial charge >= 0.3 is 0 Å². The molecule has 1 aromatic carbocycles. The number of rotatable bonds is 5. The van der Waals surface area contributed by atoms with Gasteiger partial charge in [-0.25, -0.2) is 9.37 Å². The minimum absolute atomic E-state index is 0.0647. The number of nitriles is 1. The number of carbonyl (C=O) groups excluding carboxylic acids is 1. The Bertz CT molecular complexity index is 1250. The molecule has 170 valence electrons. The van der Waals surface area contributed by atoms with Crippen molar-refractivity contribution in [1.29, 1.82) is 5.26 Å². The number of hydrogen-bond acceptors (Lipinski definition) is 6. The Morgan fingerprint density at radius 1 is 1.15 bits per heavy atom. The molecule has 2 aliphatic rings. The lowest BCUT2D eigenvalue weighted by molar-refractivity contribution is 0.101.